The molecule has 0 aromatic heterocycles. The van der Waals surface area contributed by atoms with Crippen molar-refractivity contribution in [3.63, 3.8) is 0 Å². The van der Waals surface area contributed by atoms with Crippen LogP contribution in [0.15, 0.2) is 63.6 Å². The molecule has 4 rings (SSSR count). The van der Waals surface area contributed by atoms with Gasteiger partial charge in [-0.15, -0.1) is 0 Å². The van der Waals surface area contributed by atoms with E-state index in [2.05, 4.69) is 10.3 Å². The van der Waals surface area contributed by atoms with E-state index in [-0.39, 0.29) is 22.3 Å². The Kier molecular flexibility index (Phi) is 8.51. The summed E-state index contributed by atoms with van der Waals surface area (Å²) in [6.45, 7) is 3.47. The van der Waals surface area contributed by atoms with Crippen molar-refractivity contribution in [3.8, 4) is 17.2 Å². The van der Waals surface area contributed by atoms with Gasteiger partial charge in [-0.05, 0) is 67.6 Å². The van der Waals surface area contributed by atoms with Crippen LogP contribution in [0.5, 0.6) is 17.2 Å². The number of benzene rings is 2. The molecule has 12 heteroatoms. The number of nitrogens with zero attached hydrogens (tertiary/aromatic N) is 2. The number of amides is 2. The van der Waals surface area contributed by atoms with E-state index in [1.54, 1.807) is 50.2 Å². The highest BCUT2D eigenvalue weighted by molar-refractivity contribution is 8.18. The molecule has 1 N–H and O–H groups in total. The minimum atomic E-state index is -0.942. The maximum absolute atomic E-state index is 13.6. The van der Waals surface area contributed by atoms with Crippen LogP contribution in [0.25, 0.3) is 0 Å². The number of rotatable bonds is 8. The molecule has 204 valence electrons. The number of thioether (sulfide) groups is 1. The number of nitrogens with one attached hydrogen (secondary N) is 1. The van der Waals surface area contributed by atoms with E-state index in [0.717, 1.165) is 11.8 Å². The van der Waals surface area contributed by atoms with Crippen LogP contribution in [0, 0.1) is 0 Å². The molecule has 0 aliphatic carbocycles. The molecule has 0 bridgehead atoms. The first-order valence-corrected chi connectivity index (χ1v) is 13.0. The lowest BCUT2D eigenvalue weighted by Crippen LogP contribution is -2.45. The first-order valence-electron chi connectivity index (χ1n) is 11.8. The SMILES string of the molecule is CCOC(=O)C1=C(C)N=C2SC(C(=O)Nc3ccc(Cl)cc3)=CC(=O)N2[C@@H]1c1cc(OC)c(OC)c(OC)c1. The van der Waals surface area contributed by atoms with Gasteiger partial charge in [0.15, 0.2) is 16.7 Å². The van der Waals surface area contributed by atoms with Crippen LogP contribution >= 0.6 is 23.4 Å². The van der Waals surface area contributed by atoms with Crippen LogP contribution in [0.2, 0.25) is 5.02 Å². The molecule has 2 heterocycles. The second kappa shape index (κ2) is 11.8. The minimum absolute atomic E-state index is 0.131. The van der Waals surface area contributed by atoms with Crippen molar-refractivity contribution in [1.82, 2.24) is 4.90 Å². The number of aliphatic imine (C=N–C) groups is 1. The number of hydrogen-bond acceptors (Lipinski definition) is 9. The fraction of sp³-hybridized carbons (Fsp3) is 0.259. The highest BCUT2D eigenvalue weighted by atomic mass is 35.5. The number of ether oxygens (including phenoxy) is 4. The third kappa shape index (κ3) is 5.59. The minimum Gasteiger partial charge on any atom is -0.493 e. The molecule has 0 saturated heterocycles. The second-order valence-corrected chi connectivity index (χ2v) is 9.70. The molecule has 0 radical (unpaired) electrons. The Bertz CT molecular complexity index is 1390. The van der Waals surface area contributed by atoms with Gasteiger partial charge in [-0.25, -0.2) is 9.79 Å². The Morgan fingerprint density at radius 1 is 1.08 bits per heavy atom. The molecule has 2 aliphatic heterocycles. The Morgan fingerprint density at radius 2 is 1.72 bits per heavy atom. The van der Waals surface area contributed by atoms with Gasteiger partial charge in [0, 0.05) is 16.8 Å². The van der Waals surface area contributed by atoms with Crippen molar-refractivity contribution in [2.24, 2.45) is 4.99 Å². The number of anilines is 1. The Morgan fingerprint density at radius 3 is 2.28 bits per heavy atom. The van der Waals surface area contributed by atoms with E-state index in [9.17, 15) is 14.4 Å². The summed E-state index contributed by atoms with van der Waals surface area (Å²) in [7, 11) is 4.42. The highest BCUT2D eigenvalue weighted by Gasteiger charge is 2.43. The predicted molar refractivity (Wildman–Crippen MR) is 148 cm³/mol. The molecule has 1 atom stereocenters. The van der Waals surface area contributed by atoms with E-state index in [1.165, 1.54) is 32.3 Å². The Balaban J connectivity index is 1.80. The van der Waals surface area contributed by atoms with Gasteiger partial charge in [-0.2, -0.15) is 0 Å². The first-order chi connectivity index (χ1) is 18.7. The summed E-state index contributed by atoms with van der Waals surface area (Å²) in [4.78, 5) is 45.7. The highest BCUT2D eigenvalue weighted by Crippen LogP contribution is 2.46. The molecule has 0 unspecified atom stereocenters. The third-order valence-corrected chi connectivity index (χ3v) is 7.15. The van der Waals surface area contributed by atoms with Crippen molar-refractivity contribution in [2.45, 2.75) is 19.9 Å². The van der Waals surface area contributed by atoms with Crippen LogP contribution in [0.4, 0.5) is 5.69 Å². The molecular formula is C27H26ClN3O7S. The molecule has 2 amide bonds. The summed E-state index contributed by atoms with van der Waals surface area (Å²) < 4.78 is 21.8. The summed E-state index contributed by atoms with van der Waals surface area (Å²) in [5, 5.41) is 3.51. The topological polar surface area (TPSA) is 116 Å². The van der Waals surface area contributed by atoms with Crippen molar-refractivity contribution < 1.29 is 33.3 Å². The maximum Gasteiger partial charge on any atom is 0.338 e. The van der Waals surface area contributed by atoms with Gasteiger partial charge in [0.1, 0.15) is 0 Å². The van der Waals surface area contributed by atoms with Crippen molar-refractivity contribution in [1.29, 1.82) is 0 Å². The standard InChI is InChI=1S/C27H26ClN3O7S/c1-6-38-26(34)22-14(2)29-27-31(23(22)15-11-18(35-3)24(37-5)19(12-15)36-4)21(32)13-20(39-27)25(33)30-17-9-7-16(28)8-10-17/h7-13,23H,6H2,1-5H3,(H,30,33)/t23-/m1/s1. The number of carbonyl (C=O) groups is 3. The Hall–Kier alpha value is -3.96. The van der Waals surface area contributed by atoms with Crippen LogP contribution in [-0.2, 0) is 19.1 Å². The number of allylic oxidation sites excluding steroid dienone is 1. The largest absolute Gasteiger partial charge is 0.493 e. The first kappa shape index (κ1) is 28.1. The normalized spacial score (nSPS) is 16.6. The summed E-state index contributed by atoms with van der Waals surface area (Å²) in [6.07, 6.45) is 1.21. The average molecular weight is 572 g/mol. The van der Waals surface area contributed by atoms with Gasteiger partial charge in [0.2, 0.25) is 5.75 Å². The van der Waals surface area contributed by atoms with Gasteiger partial charge < -0.3 is 24.3 Å². The van der Waals surface area contributed by atoms with Crippen LogP contribution in [0.1, 0.15) is 25.5 Å². The molecule has 2 aliphatic rings. The number of fused-ring (bicyclic) bond motifs is 1. The van der Waals surface area contributed by atoms with Crippen LogP contribution < -0.4 is 19.5 Å². The summed E-state index contributed by atoms with van der Waals surface area (Å²) in [5.74, 6) is -0.612. The number of carbonyl (C=O) groups excluding carboxylic acids is 3. The molecule has 2 aromatic carbocycles. The van der Waals surface area contributed by atoms with Gasteiger partial charge in [0.05, 0.1) is 50.2 Å². The van der Waals surface area contributed by atoms with E-state index in [1.807, 2.05) is 0 Å². The van der Waals surface area contributed by atoms with Crippen LogP contribution in [-0.4, -0.2) is 55.8 Å². The second-order valence-electron chi connectivity index (χ2n) is 8.26. The maximum atomic E-state index is 13.6. The molecule has 39 heavy (non-hydrogen) atoms. The van der Waals surface area contributed by atoms with Gasteiger partial charge in [0.25, 0.3) is 11.8 Å². The average Bonchev–Trinajstić information content (AvgIpc) is 2.92. The van der Waals surface area contributed by atoms with Gasteiger partial charge >= 0.3 is 5.97 Å². The quantitative estimate of drug-likeness (QED) is 0.453. The van der Waals surface area contributed by atoms with Gasteiger partial charge in [-0.3, -0.25) is 14.5 Å². The molecular weight excluding hydrogens is 546 g/mol. The zero-order valence-electron chi connectivity index (χ0n) is 21.9. The van der Waals surface area contributed by atoms with Gasteiger partial charge in [-0.1, -0.05) is 11.6 Å². The van der Waals surface area contributed by atoms with E-state index < -0.39 is 23.8 Å². The fourth-order valence-electron chi connectivity index (χ4n) is 4.18. The monoisotopic (exact) mass is 571 g/mol. The molecule has 2 aromatic rings. The summed E-state index contributed by atoms with van der Waals surface area (Å²) in [5.41, 5.74) is 1.53. The number of hydrogen-bond donors (Lipinski definition) is 1. The lowest BCUT2D eigenvalue weighted by atomic mass is 9.93. The van der Waals surface area contributed by atoms with Crippen molar-refractivity contribution in [2.75, 3.05) is 33.3 Å². The number of amidine groups is 1. The molecule has 0 spiro atoms. The van der Waals surface area contributed by atoms with E-state index in [0.29, 0.717) is 39.2 Å². The zero-order valence-corrected chi connectivity index (χ0v) is 23.4. The Labute approximate surface area is 234 Å². The number of methoxy groups -OCH3 is 3. The lowest BCUT2D eigenvalue weighted by Gasteiger charge is -2.38. The number of halogens is 1. The van der Waals surface area contributed by atoms with E-state index >= 15 is 0 Å². The predicted octanol–water partition coefficient (Wildman–Crippen LogP) is 4.71. The smallest absolute Gasteiger partial charge is 0.338 e. The molecule has 0 saturated carbocycles. The zero-order chi connectivity index (χ0) is 28.3. The van der Waals surface area contributed by atoms with Crippen molar-refractivity contribution in [3.05, 3.63) is 69.2 Å². The van der Waals surface area contributed by atoms with Crippen molar-refractivity contribution >= 4 is 52.0 Å². The summed E-state index contributed by atoms with van der Waals surface area (Å²) >= 11 is 6.94. The third-order valence-electron chi connectivity index (χ3n) is 5.91. The fourth-order valence-corrected chi connectivity index (χ4v) is 5.28. The summed E-state index contributed by atoms with van der Waals surface area (Å²) in [6, 6.07) is 8.97. The molecule has 10 nitrogen and oxygen atoms in total. The lowest BCUT2D eigenvalue weighted by molar-refractivity contribution is -0.139. The molecule has 0 fully saturated rings. The number of esters is 1. The van der Waals surface area contributed by atoms with E-state index in [4.69, 9.17) is 30.5 Å². The van der Waals surface area contributed by atoms with Crippen LogP contribution in [0.3, 0.4) is 0 Å².